The first kappa shape index (κ1) is 14.5. The van der Waals surface area contributed by atoms with Gasteiger partial charge >= 0.3 is 0 Å². The van der Waals surface area contributed by atoms with Gasteiger partial charge in [0.25, 0.3) is 0 Å². The summed E-state index contributed by atoms with van der Waals surface area (Å²) < 4.78 is 44.6. The predicted octanol–water partition coefficient (Wildman–Crippen LogP) is 2.13. The average Bonchev–Trinajstić information content (AvgIpc) is 2.86. The van der Waals surface area contributed by atoms with Crippen molar-refractivity contribution in [3.8, 4) is 0 Å². The highest BCUT2D eigenvalue weighted by atomic mass is 32.2. The van der Waals surface area contributed by atoms with Crippen LogP contribution in [0.4, 0.5) is 10.1 Å². The third kappa shape index (κ3) is 2.68. The molecule has 0 aliphatic rings. The molecule has 0 saturated heterocycles. The van der Waals surface area contributed by atoms with Crippen molar-refractivity contribution in [1.29, 1.82) is 0 Å². The summed E-state index contributed by atoms with van der Waals surface area (Å²) in [5, 5.41) is 0. The van der Waals surface area contributed by atoms with E-state index in [-0.39, 0.29) is 22.7 Å². The lowest BCUT2D eigenvalue weighted by molar-refractivity contribution is 0.462. The van der Waals surface area contributed by atoms with E-state index < -0.39 is 15.8 Å². The number of furan rings is 1. The second-order valence-corrected chi connectivity index (χ2v) is 6.53. The normalized spacial score (nSPS) is 12.0. The first-order chi connectivity index (χ1) is 9.32. The van der Waals surface area contributed by atoms with Crippen LogP contribution >= 0.6 is 0 Å². The zero-order valence-electron chi connectivity index (χ0n) is 11.1. The quantitative estimate of drug-likeness (QED) is 0.877. The van der Waals surface area contributed by atoms with Crippen LogP contribution in [-0.4, -0.2) is 19.8 Å². The average molecular weight is 298 g/mol. The largest absolute Gasteiger partial charge is 0.472 e. The molecule has 2 aromatic rings. The van der Waals surface area contributed by atoms with Crippen LogP contribution in [-0.2, 0) is 16.6 Å². The van der Waals surface area contributed by atoms with E-state index in [1.54, 1.807) is 6.07 Å². The van der Waals surface area contributed by atoms with Gasteiger partial charge in [0.1, 0.15) is 5.82 Å². The Bertz CT molecular complexity index is 711. The molecule has 7 heteroatoms. The molecule has 1 aromatic heterocycles. The molecule has 1 aromatic carbocycles. The smallest absolute Gasteiger partial charge is 0.243 e. The van der Waals surface area contributed by atoms with Crippen molar-refractivity contribution in [1.82, 2.24) is 4.31 Å². The first-order valence-electron chi connectivity index (χ1n) is 5.85. The van der Waals surface area contributed by atoms with Gasteiger partial charge in [0, 0.05) is 30.4 Å². The van der Waals surface area contributed by atoms with Crippen molar-refractivity contribution in [2.24, 2.45) is 0 Å². The molecule has 0 atom stereocenters. The molecular weight excluding hydrogens is 283 g/mol. The first-order valence-corrected chi connectivity index (χ1v) is 7.29. The Balaban J connectivity index is 2.40. The lowest BCUT2D eigenvalue weighted by atomic mass is 10.2. The number of nitrogen functional groups attached to an aromatic ring is 1. The molecule has 0 amide bonds. The van der Waals surface area contributed by atoms with Crippen LogP contribution in [0.15, 0.2) is 40.0 Å². The molecule has 0 fully saturated rings. The Hall–Kier alpha value is -1.86. The van der Waals surface area contributed by atoms with Crippen LogP contribution in [0, 0.1) is 12.7 Å². The number of rotatable bonds is 4. The summed E-state index contributed by atoms with van der Waals surface area (Å²) >= 11 is 0. The van der Waals surface area contributed by atoms with Gasteiger partial charge in [0.05, 0.1) is 17.4 Å². The molecule has 0 aliphatic carbocycles. The molecule has 108 valence electrons. The van der Waals surface area contributed by atoms with Gasteiger partial charge in [-0.3, -0.25) is 0 Å². The van der Waals surface area contributed by atoms with Crippen molar-refractivity contribution >= 4 is 15.7 Å². The van der Waals surface area contributed by atoms with Gasteiger partial charge in [0.2, 0.25) is 10.0 Å². The molecule has 0 bridgehead atoms. The fourth-order valence-electron chi connectivity index (χ4n) is 1.83. The fraction of sp³-hybridized carbons (Fsp3) is 0.231. The summed E-state index contributed by atoms with van der Waals surface area (Å²) in [4.78, 5) is -0.124. The fourth-order valence-corrected chi connectivity index (χ4v) is 3.26. The van der Waals surface area contributed by atoms with Crippen LogP contribution in [0.1, 0.15) is 11.1 Å². The molecule has 0 radical (unpaired) electrons. The maximum absolute atomic E-state index is 13.6. The second kappa shape index (κ2) is 5.26. The van der Waals surface area contributed by atoms with E-state index in [0.717, 1.165) is 10.4 Å². The molecule has 0 aliphatic heterocycles. The minimum Gasteiger partial charge on any atom is -0.472 e. The SMILES string of the molecule is Cc1c(F)cc(N)cc1S(=O)(=O)N(C)Cc1ccoc1. The van der Waals surface area contributed by atoms with Gasteiger partial charge in [0.15, 0.2) is 0 Å². The number of benzene rings is 1. The summed E-state index contributed by atoms with van der Waals surface area (Å²) in [5.41, 5.74) is 6.36. The van der Waals surface area contributed by atoms with E-state index in [4.69, 9.17) is 10.2 Å². The molecular formula is C13H15FN2O3S. The zero-order chi connectivity index (χ0) is 14.9. The molecule has 0 spiro atoms. The third-order valence-corrected chi connectivity index (χ3v) is 4.92. The second-order valence-electron chi connectivity index (χ2n) is 4.52. The van der Waals surface area contributed by atoms with E-state index in [1.165, 1.54) is 32.6 Å². The highest BCUT2D eigenvalue weighted by Gasteiger charge is 2.25. The van der Waals surface area contributed by atoms with E-state index in [9.17, 15) is 12.8 Å². The summed E-state index contributed by atoms with van der Waals surface area (Å²) in [7, 11) is -2.40. The van der Waals surface area contributed by atoms with E-state index >= 15 is 0 Å². The van der Waals surface area contributed by atoms with E-state index in [1.807, 2.05) is 0 Å². The zero-order valence-corrected chi connectivity index (χ0v) is 11.9. The summed E-state index contributed by atoms with van der Waals surface area (Å²) in [6.07, 6.45) is 2.92. The van der Waals surface area contributed by atoms with E-state index in [2.05, 4.69) is 0 Å². The van der Waals surface area contributed by atoms with Crippen LogP contribution in [0.3, 0.4) is 0 Å². The molecule has 1 heterocycles. The number of hydrogen-bond acceptors (Lipinski definition) is 4. The number of anilines is 1. The van der Waals surface area contributed by atoms with E-state index in [0.29, 0.717) is 5.56 Å². The van der Waals surface area contributed by atoms with Crippen LogP contribution in [0.2, 0.25) is 0 Å². The van der Waals surface area contributed by atoms with Crippen molar-refractivity contribution in [2.45, 2.75) is 18.4 Å². The number of hydrogen-bond donors (Lipinski definition) is 1. The number of sulfonamides is 1. The molecule has 0 saturated carbocycles. The lowest BCUT2D eigenvalue weighted by Gasteiger charge is -2.18. The minimum absolute atomic E-state index is 0.0539. The maximum atomic E-state index is 13.6. The Kier molecular flexibility index (Phi) is 3.82. The van der Waals surface area contributed by atoms with Crippen molar-refractivity contribution in [3.05, 3.63) is 47.7 Å². The lowest BCUT2D eigenvalue weighted by Crippen LogP contribution is -2.27. The molecule has 2 rings (SSSR count). The summed E-state index contributed by atoms with van der Waals surface area (Å²) in [6.45, 7) is 1.54. The Morgan fingerprint density at radius 3 is 2.70 bits per heavy atom. The van der Waals surface area contributed by atoms with Gasteiger partial charge in [-0.1, -0.05) is 0 Å². The number of halogens is 1. The number of nitrogens with two attached hydrogens (primary N) is 1. The third-order valence-electron chi connectivity index (χ3n) is 2.99. The summed E-state index contributed by atoms with van der Waals surface area (Å²) in [5.74, 6) is -0.639. The summed E-state index contributed by atoms with van der Waals surface area (Å²) in [6, 6.07) is 4.03. The van der Waals surface area contributed by atoms with Gasteiger partial charge in [-0.2, -0.15) is 4.31 Å². The van der Waals surface area contributed by atoms with Crippen LogP contribution < -0.4 is 5.73 Å². The highest BCUT2D eigenvalue weighted by Crippen LogP contribution is 2.25. The monoisotopic (exact) mass is 298 g/mol. The van der Waals surface area contributed by atoms with Crippen molar-refractivity contribution in [3.63, 3.8) is 0 Å². The topological polar surface area (TPSA) is 76.5 Å². The van der Waals surface area contributed by atoms with Gasteiger partial charge in [-0.25, -0.2) is 12.8 Å². The standard InChI is InChI=1S/C13H15FN2O3S/c1-9-12(14)5-11(15)6-13(9)20(17,18)16(2)7-10-3-4-19-8-10/h3-6,8H,7,15H2,1-2H3. The van der Waals surface area contributed by atoms with Crippen LogP contribution in [0.5, 0.6) is 0 Å². The van der Waals surface area contributed by atoms with Gasteiger partial charge in [-0.15, -0.1) is 0 Å². The molecule has 0 unspecified atom stereocenters. The maximum Gasteiger partial charge on any atom is 0.243 e. The van der Waals surface area contributed by atoms with Gasteiger partial charge < -0.3 is 10.2 Å². The minimum atomic E-state index is -3.82. The van der Waals surface area contributed by atoms with Crippen molar-refractivity contribution in [2.75, 3.05) is 12.8 Å². The highest BCUT2D eigenvalue weighted by molar-refractivity contribution is 7.89. The molecule has 20 heavy (non-hydrogen) atoms. The van der Waals surface area contributed by atoms with Crippen LogP contribution in [0.25, 0.3) is 0 Å². The van der Waals surface area contributed by atoms with Gasteiger partial charge in [-0.05, 0) is 25.1 Å². The van der Waals surface area contributed by atoms with Crippen molar-refractivity contribution < 1.29 is 17.2 Å². The Morgan fingerprint density at radius 1 is 1.40 bits per heavy atom. The number of nitrogens with zero attached hydrogens (tertiary/aromatic N) is 1. The molecule has 2 N–H and O–H groups in total. The Labute approximate surface area is 116 Å². The molecule has 5 nitrogen and oxygen atoms in total. The predicted molar refractivity (Wildman–Crippen MR) is 72.9 cm³/mol. The Morgan fingerprint density at radius 2 is 2.10 bits per heavy atom.